The molecule has 2 rings (SSSR count). The van der Waals surface area contributed by atoms with E-state index >= 15 is 0 Å². The molecular weight excluding hydrogens is 264 g/mol. The average Bonchev–Trinajstić information content (AvgIpc) is 2.97. The molecule has 0 saturated carbocycles. The number of thiophene rings is 1. The average molecular weight is 288 g/mol. The molecule has 0 radical (unpaired) electrons. The molecule has 2 nitrogen and oxygen atoms in total. The summed E-state index contributed by atoms with van der Waals surface area (Å²) in [6, 6.07) is 9.19. The highest BCUT2D eigenvalue weighted by molar-refractivity contribution is 7.12. The molecule has 0 spiro atoms. The van der Waals surface area contributed by atoms with Crippen LogP contribution in [0, 0.1) is 0 Å². The second-order valence-electron chi connectivity index (χ2n) is 5.16. The Bertz CT molecular complexity index is 507. The molecule has 2 aromatic heterocycles. The Hall–Kier alpha value is -1.19. The molecule has 0 saturated heterocycles. The normalized spacial score (nSPS) is 14.2. The van der Waals surface area contributed by atoms with Crippen molar-refractivity contribution in [2.24, 2.45) is 0 Å². The summed E-state index contributed by atoms with van der Waals surface area (Å²) < 4.78 is 0. The van der Waals surface area contributed by atoms with Crippen molar-refractivity contribution in [2.75, 3.05) is 6.54 Å². The quantitative estimate of drug-likeness (QED) is 0.808. The van der Waals surface area contributed by atoms with Crippen molar-refractivity contribution in [1.29, 1.82) is 0 Å². The Balaban J connectivity index is 2.22. The summed E-state index contributed by atoms with van der Waals surface area (Å²) in [4.78, 5) is 7.03. The first-order chi connectivity index (χ1) is 9.76. The Morgan fingerprint density at radius 2 is 1.90 bits per heavy atom. The van der Waals surface area contributed by atoms with E-state index in [2.05, 4.69) is 55.3 Å². The summed E-state index contributed by atoms with van der Waals surface area (Å²) >= 11 is 1.94. The van der Waals surface area contributed by atoms with Gasteiger partial charge in [0.1, 0.15) is 0 Å². The molecule has 20 heavy (non-hydrogen) atoms. The highest BCUT2D eigenvalue weighted by atomic mass is 32.1. The first-order valence-corrected chi connectivity index (χ1v) is 8.29. The van der Waals surface area contributed by atoms with Crippen LogP contribution in [0.25, 0.3) is 0 Å². The van der Waals surface area contributed by atoms with Crippen LogP contribution < -0.4 is 5.32 Å². The summed E-state index contributed by atoms with van der Waals surface area (Å²) in [5, 5.41) is 3.71. The third-order valence-corrected chi connectivity index (χ3v) is 5.00. The second kappa shape index (κ2) is 7.55. The number of pyridine rings is 1. The van der Waals surface area contributed by atoms with Gasteiger partial charge in [0.15, 0.2) is 0 Å². The van der Waals surface area contributed by atoms with Gasteiger partial charge in [0.05, 0.1) is 0 Å². The molecular formula is C17H24N2S. The third kappa shape index (κ3) is 3.68. The van der Waals surface area contributed by atoms with Crippen LogP contribution in [0.4, 0.5) is 0 Å². The lowest BCUT2D eigenvalue weighted by Gasteiger charge is -2.24. The Labute approximate surface area is 126 Å². The fourth-order valence-electron chi connectivity index (χ4n) is 2.43. The largest absolute Gasteiger partial charge is 0.309 e. The molecule has 0 amide bonds. The zero-order chi connectivity index (χ0) is 14.4. The number of nitrogens with zero attached hydrogens (tertiary/aromatic N) is 1. The Morgan fingerprint density at radius 3 is 2.50 bits per heavy atom. The van der Waals surface area contributed by atoms with Gasteiger partial charge in [-0.1, -0.05) is 20.8 Å². The Kier molecular flexibility index (Phi) is 5.74. The fraction of sp³-hybridized carbons (Fsp3) is 0.471. The van der Waals surface area contributed by atoms with E-state index < -0.39 is 0 Å². The van der Waals surface area contributed by atoms with Crippen molar-refractivity contribution in [3.05, 3.63) is 52.0 Å². The van der Waals surface area contributed by atoms with E-state index in [0.29, 0.717) is 12.0 Å². The van der Waals surface area contributed by atoms with Crippen LogP contribution in [-0.2, 0) is 6.42 Å². The molecule has 0 aliphatic rings. The predicted octanol–water partition coefficient (Wildman–Crippen LogP) is 4.55. The van der Waals surface area contributed by atoms with Gasteiger partial charge < -0.3 is 5.32 Å². The van der Waals surface area contributed by atoms with Crippen LogP contribution in [0.3, 0.4) is 0 Å². The van der Waals surface area contributed by atoms with Crippen LogP contribution in [0.5, 0.6) is 0 Å². The zero-order valence-electron chi connectivity index (χ0n) is 12.6. The maximum absolute atomic E-state index is 4.12. The van der Waals surface area contributed by atoms with Gasteiger partial charge in [0.25, 0.3) is 0 Å². The van der Waals surface area contributed by atoms with E-state index in [1.54, 1.807) is 0 Å². The van der Waals surface area contributed by atoms with E-state index in [1.165, 1.54) is 15.3 Å². The van der Waals surface area contributed by atoms with Crippen LogP contribution in [0.2, 0.25) is 0 Å². The minimum atomic E-state index is 0.391. The summed E-state index contributed by atoms with van der Waals surface area (Å²) in [6.07, 6.45) is 6.05. The van der Waals surface area contributed by atoms with Crippen molar-refractivity contribution < 1.29 is 0 Å². The van der Waals surface area contributed by atoms with Crippen molar-refractivity contribution in [3.63, 3.8) is 0 Å². The molecule has 0 bridgehead atoms. The molecule has 2 aromatic rings. The number of aromatic nitrogens is 1. The van der Waals surface area contributed by atoms with Gasteiger partial charge >= 0.3 is 0 Å². The number of rotatable bonds is 7. The predicted molar refractivity (Wildman–Crippen MR) is 87.4 cm³/mol. The smallest absolute Gasteiger partial charge is 0.0481 e. The van der Waals surface area contributed by atoms with Gasteiger partial charge in [0, 0.05) is 34.1 Å². The molecule has 108 valence electrons. The minimum Gasteiger partial charge on any atom is -0.309 e. The van der Waals surface area contributed by atoms with E-state index in [-0.39, 0.29) is 0 Å². The molecule has 0 aliphatic heterocycles. The SMILES string of the molecule is CCCNC(c1ccc(CC)s1)C(C)c1ccncc1. The second-order valence-corrected chi connectivity index (χ2v) is 6.36. The lowest BCUT2D eigenvalue weighted by molar-refractivity contribution is 0.472. The van der Waals surface area contributed by atoms with Crippen LogP contribution in [-0.4, -0.2) is 11.5 Å². The molecule has 0 fully saturated rings. The molecule has 0 aliphatic carbocycles. The molecule has 2 atom stereocenters. The lowest BCUT2D eigenvalue weighted by atomic mass is 9.93. The molecule has 2 heterocycles. The van der Waals surface area contributed by atoms with Crippen molar-refractivity contribution >= 4 is 11.3 Å². The summed E-state index contributed by atoms with van der Waals surface area (Å²) in [7, 11) is 0. The highest BCUT2D eigenvalue weighted by Gasteiger charge is 2.21. The highest BCUT2D eigenvalue weighted by Crippen LogP contribution is 2.34. The van der Waals surface area contributed by atoms with Crippen LogP contribution in [0.15, 0.2) is 36.7 Å². The van der Waals surface area contributed by atoms with E-state index in [1.807, 2.05) is 23.7 Å². The number of hydrogen-bond donors (Lipinski definition) is 1. The Morgan fingerprint density at radius 1 is 1.15 bits per heavy atom. The molecule has 3 heteroatoms. The standard InChI is InChI=1S/C17H24N2S/c1-4-10-19-17(16-7-6-15(5-2)20-16)13(3)14-8-11-18-12-9-14/h6-9,11-13,17,19H,4-5,10H2,1-3H3. The van der Waals surface area contributed by atoms with E-state index in [0.717, 1.165) is 19.4 Å². The van der Waals surface area contributed by atoms with Gasteiger partial charge in [-0.15, -0.1) is 11.3 Å². The fourth-order valence-corrected chi connectivity index (χ4v) is 3.57. The van der Waals surface area contributed by atoms with Crippen LogP contribution >= 0.6 is 11.3 Å². The maximum atomic E-state index is 4.12. The minimum absolute atomic E-state index is 0.391. The van der Waals surface area contributed by atoms with Gasteiger partial charge in [-0.3, -0.25) is 4.98 Å². The summed E-state index contributed by atoms with van der Waals surface area (Å²) in [5.74, 6) is 0.452. The van der Waals surface area contributed by atoms with Crippen molar-refractivity contribution in [1.82, 2.24) is 10.3 Å². The van der Waals surface area contributed by atoms with Gasteiger partial charge in [-0.25, -0.2) is 0 Å². The molecule has 1 N–H and O–H groups in total. The van der Waals surface area contributed by atoms with E-state index in [4.69, 9.17) is 0 Å². The zero-order valence-corrected chi connectivity index (χ0v) is 13.4. The third-order valence-electron chi connectivity index (χ3n) is 3.68. The van der Waals surface area contributed by atoms with Crippen LogP contribution in [0.1, 0.15) is 54.5 Å². The first kappa shape index (κ1) is 15.2. The van der Waals surface area contributed by atoms with Gasteiger partial charge in [-0.2, -0.15) is 0 Å². The topological polar surface area (TPSA) is 24.9 Å². The monoisotopic (exact) mass is 288 g/mol. The molecule has 2 unspecified atom stereocenters. The number of hydrogen-bond acceptors (Lipinski definition) is 3. The van der Waals surface area contributed by atoms with Gasteiger partial charge in [0.2, 0.25) is 0 Å². The first-order valence-electron chi connectivity index (χ1n) is 7.48. The molecule has 0 aromatic carbocycles. The van der Waals surface area contributed by atoms with Crippen molar-refractivity contribution in [2.45, 2.75) is 45.6 Å². The number of nitrogens with one attached hydrogen (secondary N) is 1. The summed E-state index contributed by atoms with van der Waals surface area (Å²) in [6.45, 7) is 7.79. The number of aryl methyl sites for hydroxylation is 1. The van der Waals surface area contributed by atoms with E-state index in [9.17, 15) is 0 Å². The van der Waals surface area contributed by atoms with Crippen molar-refractivity contribution in [3.8, 4) is 0 Å². The van der Waals surface area contributed by atoms with Gasteiger partial charge in [-0.05, 0) is 49.2 Å². The lowest BCUT2D eigenvalue weighted by Crippen LogP contribution is -2.26. The summed E-state index contributed by atoms with van der Waals surface area (Å²) in [5.41, 5.74) is 1.35. The maximum Gasteiger partial charge on any atom is 0.0481 e.